The fourth-order valence-corrected chi connectivity index (χ4v) is 1.52. The highest BCUT2D eigenvalue weighted by molar-refractivity contribution is 7.80. The zero-order valence-electron chi connectivity index (χ0n) is 9.88. The Morgan fingerprint density at radius 3 is 2.40 bits per heavy atom. The quantitative estimate of drug-likeness (QED) is 0.658. The molecule has 0 aliphatic carbocycles. The lowest BCUT2D eigenvalue weighted by Crippen LogP contribution is -2.34. The molecular formula is C11H22N2OS. The van der Waals surface area contributed by atoms with Gasteiger partial charge in [-0.05, 0) is 19.3 Å². The second-order valence-corrected chi connectivity index (χ2v) is 4.96. The van der Waals surface area contributed by atoms with Gasteiger partial charge in [-0.25, -0.2) is 0 Å². The van der Waals surface area contributed by atoms with E-state index in [2.05, 4.69) is 31.4 Å². The molecular weight excluding hydrogens is 208 g/mol. The molecule has 0 aromatic carbocycles. The summed E-state index contributed by atoms with van der Waals surface area (Å²) in [5, 5.41) is 2.88. The van der Waals surface area contributed by atoms with Crippen molar-refractivity contribution in [2.75, 3.05) is 0 Å². The Kier molecular flexibility index (Phi) is 7.30. The van der Waals surface area contributed by atoms with Gasteiger partial charge < -0.3 is 11.1 Å². The predicted octanol–water partition coefficient (Wildman–Crippen LogP) is 1.99. The molecule has 0 aliphatic rings. The van der Waals surface area contributed by atoms with E-state index in [0.29, 0.717) is 0 Å². The normalized spacial score (nSPS) is 12.5. The van der Waals surface area contributed by atoms with Crippen LogP contribution >= 0.6 is 12.2 Å². The number of rotatable bonds is 7. The van der Waals surface area contributed by atoms with Crippen LogP contribution in [0.3, 0.4) is 0 Å². The van der Waals surface area contributed by atoms with Crippen molar-refractivity contribution in [3.05, 3.63) is 0 Å². The summed E-state index contributed by atoms with van der Waals surface area (Å²) in [5.74, 6) is 0.657. The van der Waals surface area contributed by atoms with E-state index >= 15 is 0 Å². The third kappa shape index (κ3) is 9.66. The lowest BCUT2D eigenvalue weighted by molar-refractivity contribution is -0.120. The van der Waals surface area contributed by atoms with E-state index in [1.165, 1.54) is 6.42 Å². The third-order valence-corrected chi connectivity index (χ3v) is 2.31. The van der Waals surface area contributed by atoms with Crippen LogP contribution in [-0.2, 0) is 4.79 Å². The number of nitrogens with two attached hydrogens (primary N) is 1. The molecule has 15 heavy (non-hydrogen) atoms. The lowest BCUT2D eigenvalue weighted by atomic mass is 10.0. The van der Waals surface area contributed by atoms with E-state index in [1.54, 1.807) is 0 Å². The first-order chi connectivity index (χ1) is 6.91. The molecule has 1 amide bonds. The Morgan fingerprint density at radius 1 is 1.33 bits per heavy atom. The van der Waals surface area contributed by atoms with Gasteiger partial charge in [-0.2, -0.15) is 0 Å². The Morgan fingerprint density at radius 2 is 1.93 bits per heavy atom. The maximum Gasteiger partial charge on any atom is 0.227 e. The van der Waals surface area contributed by atoms with Crippen molar-refractivity contribution in [3.8, 4) is 0 Å². The van der Waals surface area contributed by atoms with Crippen LogP contribution < -0.4 is 11.1 Å². The second kappa shape index (κ2) is 7.63. The smallest absolute Gasteiger partial charge is 0.227 e. The third-order valence-electron chi connectivity index (χ3n) is 2.16. The van der Waals surface area contributed by atoms with Crippen LogP contribution in [0.4, 0.5) is 0 Å². The first-order valence-corrected chi connectivity index (χ1v) is 5.90. The zero-order chi connectivity index (χ0) is 11.8. The molecule has 3 N–H and O–H groups in total. The topological polar surface area (TPSA) is 55.1 Å². The molecule has 0 saturated heterocycles. The number of carbonyl (C=O) groups is 1. The van der Waals surface area contributed by atoms with Gasteiger partial charge in [0.2, 0.25) is 5.91 Å². The Balaban J connectivity index is 3.59. The van der Waals surface area contributed by atoms with Crippen LogP contribution in [0.25, 0.3) is 0 Å². The second-order valence-electron chi connectivity index (χ2n) is 4.44. The number of amides is 1. The number of nitrogens with one attached hydrogen (secondary N) is 1. The van der Waals surface area contributed by atoms with Gasteiger partial charge in [0.25, 0.3) is 0 Å². The number of carbonyl (C=O) groups excluding carboxylic acids is 1. The summed E-state index contributed by atoms with van der Waals surface area (Å²) < 4.78 is 0. The van der Waals surface area contributed by atoms with Crippen LogP contribution in [0, 0.1) is 5.92 Å². The molecule has 0 saturated carbocycles. The van der Waals surface area contributed by atoms with Crippen LogP contribution in [0.1, 0.15) is 46.5 Å². The van der Waals surface area contributed by atoms with Crippen LogP contribution in [0.15, 0.2) is 0 Å². The summed E-state index contributed by atoms with van der Waals surface area (Å²) in [6.45, 7) is 6.42. The molecule has 1 atom stereocenters. The van der Waals surface area contributed by atoms with Crippen LogP contribution in [-0.4, -0.2) is 16.9 Å². The van der Waals surface area contributed by atoms with Gasteiger partial charge in [0.1, 0.15) is 0 Å². The van der Waals surface area contributed by atoms with Gasteiger partial charge in [-0.3, -0.25) is 4.79 Å². The Bertz CT molecular complexity index is 217. The van der Waals surface area contributed by atoms with Crippen molar-refractivity contribution in [2.45, 2.75) is 52.5 Å². The summed E-state index contributed by atoms with van der Waals surface area (Å²) in [7, 11) is 0. The molecule has 0 bridgehead atoms. The maximum atomic E-state index is 11.3. The number of hydrogen-bond donors (Lipinski definition) is 2. The van der Waals surface area contributed by atoms with Gasteiger partial charge in [0, 0.05) is 6.04 Å². The standard InChI is InChI=1S/C11H22N2OS/c1-8(2)5-4-6-9(3)13-11(14)7-10(12)15/h8-9H,4-7H2,1-3H3,(H2,12,15)(H,13,14). The first-order valence-electron chi connectivity index (χ1n) is 5.49. The summed E-state index contributed by atoms with van der Waals surface area (Å²) in [6.07, 6.45) is 3.52. The monoisotopic (exact) mass is 230 g/mol. The van der Waals surface area contributed by atoms with Crippen molar-refractivity contribution in [1.82, 2.24) is 5.32 Å². The molecule has 0 spiro atoms. The minimum atomic E-state index is -0.0699. The van der Waals surface area contributed by atoms with E-state index in [-0.39, 0.29) is 23.4 Å². The molecule has 4 heteroatoms. The van der Waals surface area contributed by atoms with Crippen LogP contribution in [0.5, 0.6) is 0 Å². The maximum absolute atomic E-state index is 11.3. The van der Waals surface area contributed by atoms with Crippen LogP contribution in [0.2, 0.25) is 0 Å². The molecule has 0 rings (SSSR count). The fraction of sp³-hybridized carbons (Fsp3) is 0.818. The average molecular weight is 230 g/mol. The highest BCUT2D eigenvalue weighted by atomic mass is 32.1. The van der Waals surface area contributed by atoms with E-state index < -0.39 is 0 Å². The summed E-state index contributed by atoms with van der Waals surface area (Å²) in [4.78, 5) is 11.5. The fourth-order valence-electron chi connectivity index (χ4n) is 1.39. The average Bonchev–Trinajstić information content (AvgIpc) is 2.00. The zero-order valence-corrected chi connectivity index (χ0v) is 10.7. The minimum Gasteiger partial charge on any atom is -0.393 e. The molecule has 1 unspecified atom stereocenters. The summed E-state index contributed by atoms with van der Waals surface area (Å²) >= 11 is 4.66. The molecule has 0 radical (unpaired) electrons. The Hall–Kier alpha value is -0.640. The molecule has 0 fully saturated rings. The van der Waals surface area contributed by atoms with Gasteiger partial charge >= 0.3 is 0 Å². The SMILES string of the molecule is CC(C)CCCC(C)NC(=O)CC(N)=S. The molecule has 0 heterocycles. The van der Waals surface area contributed by atoms with Crippen molar-refractivity contribution in [2.24, 2.45) is 11.7 Å². The van der Waals surface area contributed by atoms with Crippen molar-refractivity contribution >= 4 is 23.1 Å². The van der Waals surface area contributed by atoms with E-state index in [4.69, 9.17) is 5.73 Å². The van der Waals surface area contributed by atoms with Gasteiger partial charge in [-0.1, -0.05) is 38.9 Å². The van der Waals surface area contributed by atoms with E-state index in [0.717, 1.165) is 18.8 Å². The molecule has 3 nitrogen and oxygen atoms in total. The molecule has 0 aliphatic heterocycles. The largest absolute Gasteiger partial charge is 0.393 e. The first kappa shape index (κ1) is 14.4. The lowest BCUT2D eigenvalue weighted by Gasteiger charge is -2.14. The summed E-state index contributed by atoms with van der Waals surface area (Å²) in [5.41, 5.74) is 5.28. The van der Waals surface area contributed by atoms with Gasteiger partial charge in [-0.15, -0.1) is 0 Å². The van der Waals surface area contributed by atoms with Gasteiger partial charge in [0.05, 0.1) is 11.4 Å². The predicted molar refractivity (Wildman–Crippen MR) is 67.7 cm³/mol. The van der Waals surface area contributed by atoms with Crippen molar-refractivity contribution in [1.29, 1.82) is 0 Å². The highest BCUT2D eigenvalue weighted by Gasteiger charge is 2.08. The minimum absolute atomic E-state index is 0.0699. The van der Waals surface area contributed by atoms with Crippen molar-refractivity contribution < 1.29 is 4.79 Å². The van der Waals surface area contributed by atoms with Crippen molar-refractivity contribution in [3.63, 3.8) is 0 Å². The summed E-state index contributed by atoms with van der Waals surface area (Å²) in [6, 6.07) is 0.214. The molecule has 0 aromatic rings. The van der Waals surface area contributed by atoms with Gasteiger partial charge in [0.15, 0.2) is 0 Å². The highest BCUT2D eigenvalue weighted by Crippen LogP contribution is 2.08. The Labute approximate surface area is 97.8 Å². The molecule has 88 valence electrons. The molecule has 0 aromatic heterocycles. The number of thiocarbonyl (C=S) groups is 1. The van der Waals surface area contributed by atoms with E-state index in [9.17, 15) is 4.79 Å². The number of hydrogen-bond acceptors (Lipinski definition) is 2. The van der Waals surface area contributed by atoms with E-state index in [1.807, 2.05) is 6.92 Å².